The molecule has 2 rings (SSSR count). The van der Waals surface area contributed by atoms with Gasteiger partial charge in [0.15, 0.2) is 0 Å². The van der Waals surface area contributed by atoms with E-state index < -0.39 is 0 Å². The molecule has 0 spiro atoms. The molecule has 0 saturated carbocycles. The number of hydrazine groups is 1. The molecule has 2 nitrogen and oxygen atoms in total. The normalized spacial score (nSPS) is 12.4. The third kappa shape index (κ3) is 4.27. The molecule has 4 heteroatoms. The van der Waals surface area contributed by atoms with Crippen molar-refractivity contribution >= 4 is 11.6 Å². The Balaban J connectivity index is 2.01. The summed E-state index contributed by atoms with van der Waals surface area (Å²) in [4.78, 5) is 0. The minimum Gasteiger partial charge on any atom is -0.271 e. The van der Waals surface area contributed by atoms with Crippen LogP contribution >= 0.6 is 11.6 Å². The number of nitrogens with two attached hydrogens (primary N) is 1. The van der Waals surface area contributed by atoms with Gasteiger partial charge in [-0.05, 0) is 48.9 Å². The van der Waals surface area contributed by atoms with E-state index in [0.29, 0.717) is 12.0 Å². The van der Waals surface area contributed by atoms with Crippen molar-refractivity contribution in [1.29, 1.82) is 0 Å². The molecule has 0 aliphatic rings. The van der Waals surface area contributed by atoms with E-state index >= 15 is 0 Å². The van der Waals surface area contributed by atoms with Gasteiger partial charge in [-0.3, -0.25) is 11.3 Å². The number of nitrogens with one attached hydrogen (secondary N) is 1. The second-order valence-corrected chi connectivity index (χ2v) is 5.65. The lowest BCUT2D eigenvalue weighted by atomic mass is 9.97. The predicted octanol–water partition coefficient (Wildman–Crippen LogP) is 3.79. The van der Waals surface area contributed by atoms with Gasteiger partial charge >= 0.3 is 0 Å². The Hall–Kier alpha value is -1.42. The second-order valence-electron chi connectivity index (χ2n) is 5.25. The van der Waals surface area contributed by atoms with Crippen molar-refractivity contribution in [3.63, 3.8) is 0 Å². The van der Waals surface area contributed by atoms with Crippen molar-refractivity contribution in [3.05, 3.63) is 70.0 Å². The highest BCUT2D eigenvalue weighted by Gasteiger charge is 2.13. The van der Waals surface area contributed by atoms with Gasteiger partial charge in [0.2, 0.25) is 0 Å². The summed E-state index contributed by atoms with van der Waals surface area (Å²) in [6.45, 7) is 2.09. The Morgan fingerprint density at radius 3 is 2.57 bits per heavy atom. The Bertz CT molecular complexity index is 601. The van der Waals surface area contributed by atoms with Crippen LogP contribution in [0, 0.1) is 12.7 Å². The fourth-order valence-corrected chi connectivity index (χ4v) is 2.63. The van der Waals surface area contributed by atoms with Crippen molar-refractivity contribution in [2.24, 2.45) is 5.84 Å². The first-order valence-electron chi connectivity index (χ1n) is 7.05. The molecule has 0 aliphatic carbocycles. The molecule has 0 aliphatic heterocycles. The largest absolute Gasteiger partial charge is 0.271 e. The number of benzene rings is 2. The smallest absolute Gasteiger partial charge is 0.145 e. The predicted molar refractivity (Wildman–Crippen MR) is 85.7 cm³/mol. The number of halogens is 2. The molecular formula is C17H20ClFN2. The molecule has 1 atom stereocenters. The lowest BCUT2D eigenvalue weighted by Gasteiger charge is -2.17. The summed E-state index contributed by atoms with van der Waals surface area (Å²) in [5, 5.41) is 0.155. The van der Waals surface area contributed by atoms with E-state index in [4.69, 9.17) is 17.4 Å². The zero-order valence-electron chi connectivity index (χ0n) is 12.1. The van der Waals surface area contributed by atoms with Gasteiger partial charge < -0.3 is 0 Å². The maximum absolute atomic E-state index is 13.9. The van der Waals surface area contributed by atoms with Crippen LogP contribution < -0.4 is 11.3 Å². The van der Waals surface area contributed by atoms with Crippen LogP contribution in [0.1, 0.15) is 23.1 Å². The van der Waals surface area contributed by atoms with Gasteiger partial charge in [-0.1, -0.05) is 48.0 Å². The molecule has 2 aromatic rings. The van der Waals surface area contributed by atoms with Gasteiger partial charge in [0, 0.05) is 6.04 Å². The summed E-state index contributed by atoms with van der Waals surface area (Å²) < 4.78 is 13.9. The van der Waals surface area contributed by atoms with Gasteiger partial charge in [-0.2, -0.15) is 0 Å². The van der Waals surface area contributed by atoms with Gasteiger partial charge in [0.1, 0.15) is 5.82 Å². The topological polar surface area (TPSA) is 38.0 Å². The number of aryl methyl sites for hydroxylation is 2. The summed E-state index contributed by atoms with van der Waals surface area (Å²) in [6, 6.07) is 13.3. The second kappa shape index (κ2) is 7.55. The van der Waals surface area contributed by atoms with E-state index in [0.717, 1.165) is 12.8 Å². The Morgan fingerprint density at radius 2 is 1.86 bits per heavy atom. The summed E-state index contributed by atoms with van der Waals surface area (Å²) >= 11 is 5.81. The molecule has 0 radical (unpaired) electrons. The molecule has 0 heterocycles. The first-order chi connectivity index (χ1) is 10.1. The van der Waals surface area contributed by atoms with Crippen molar-refractivity contribution in [3.8, 4) is 0 Å². The van der Waals surface area contributed by atoms with E-state index in [-0.39, 0.29) is 16.9 Å². The number of rotatable bonds is 6. The zero-order chi connectivity index (χ0) is 15.2. The molecule has 0 bridgehead atoms. The van der Waals surface area contributed by atoms with Crippen LogP contribution in [-0.4, -0.2) is 6.04 Å². The van der Waals surface area contributed by atoms with E-state index in [1.54, 1.807) is 18.2 Å². The van der Waals surface area contributed by atoms with Gasteiger partial charge in [-0.15, -0.1) is 0 Å². The number of hydrogen-bond donors (Lipinski definition) is 2. The van der Waals surface area contributed by atoms with Crippen LogP contribution in [0.4, 0.5) is 4.39 Å². The third-order valence-electron chi connectivity index (χ3n) is 3.76. The Labute approximate surface area is 130 Å². The van der Waals surface area contributed by atoms with Crippen molar-refractivity contribution < 1.29 is 4.39 Å². The lowest BCUT2D eigenvalue weighted by molar-refractivity contribution is 0.480. The molecule has 3 N–H and O–H groups in total. The third-order valence-corrected chi connectivity index (χ3v) is 4.05. The van der Waals surface area contributed by atoms with Gasteiger partial charge in [-0.25, -0.2) is 4.39 Å². The molecule has 112 valence electrons. The van der Waals surface area contributed by atoms with Crippen LogP contribution in [0.2, 0.25) is 5.02 Å². The highest BCUT2D eigenvalue weighted by molar-refractivity contribution is 6.30. The first kappa shape index (κ1) is 16.0. The van der Waals surface area contributed by atoms with E-state index in [9.17, 15) is 4.39 Å². The summed E-state index contributed by atoms with van der Waals surface area (Å²) in [5.74, 6) is 5.25. The van der Waals surface area contributed by atoms with Crippen LogP contribution in [0.25, 0.3) is 0 Å². The van der Waals surface area contributed by atoms with Crippen LogP contribution in [0.3, 0.4) is 0 Å². The average Bonchev–Trinajstić information content (AvgIpc) is 2.49. The molecule has 0 fully saturated rings. The number of hydrogen-bond acceptors (Lipinski definition) is 2. The van der Waals surface area contributed by atoms with Gasteiger partial charge in [0.25, 0.3) is 0 Å². The summed E-state index contributed by atoms with van der Waals surface area (Å²) in [5.41, 5.74) is 5.93. The molecule has 21 heavy (non-hydrogen) atoms. The molecule has 0 amide bonds. The SMILES string of the molecule is Cc1ccccc1CCC(Cc1cccc(Cl)c1F)NN. The minimum atomic E-state index is -0.352. The zero-order valence-corrected chi connectivity index (χ0v) is 12.8. The monoisotopic (exact) mass is 306 g/mol. The van der Waals surface area contributed by atoms with Crippen LogP contribution in [0.15, 0.2) is 42.5 Å². The standard InChI is InChI=1S/C17H20ClFN2/c1-12-5-2-3-6-13(12)9-10-15(21-20)11-14-7-4-8-16(18)17(14)19/h2-8,15,21H,9-11,20H2,1H3. The maximum Gasteiger partial charge on any atom is 0.145 e. The summed E-state index contributed by atoms with van der Waals surface area (Å²) in [7, 11) is 0. The fraction of sp³-hybridized carbons (Fsp3) is 0.294. The molecule has 2 aromatic carbocycles. The Kier molecular flexibility index (Phi) is 5.74. The van der Waals surface area contributed by atoms with Crippen LogP contribution in [0.5, 0.6) is 0 Å². The minimum absolute atomic E-state index is 0.0116. The van der Waals surface area contributed by atoms with E-state index in [1.807, 2.05) is 12.1 Å². The van der Waals surface area contributed by atoms with Crippen molar-refractivity contribution in [1.82, 2.24) is 5.43 Å². The molecular weight excluding hydrogens is 287 g/mol. The maximum atomic E-state index is 13.9. The van der Waals surface area contributed by atoms with E-state index in [2.05, 4.69) is 24.5 Å². The lowest BCUT2D eigenvalue weighted by Crippen LogP contribution is -2.37. The molecule has 0 aromatic heterocycles. The van der Waals surface area contributed by atoms with E-state index in [1.165, 1.54) is 11.1 Å². The quantitative estimate of drug-likeness (QED) is 0.629. The summed E-state index contributed by atoms with van der Waals surface area (Å²) in [6.07, 6.45) is 2.27. The highest BCUT2D eigenvalue weighted by Crippen LogP contribution is 2.20. The molecule has 0 saturated heterocycles. The van der Waals surface area contributed by atoms with Gasteiger partial charge in [0.05, 0.1) is 5.02 Å². The first-order valence-corrected chi connectivity index (χ1v) is 7.43. The van der Waals surface area contributed by atoms with Crippen LogP contribution in [-0.2, 0) is 12.8 Å². The van der Waals surface area contributed by atoms with Crippen molar-refractivity contribution in [2.45, 2.75) is 32.2 Å². The fourth-order valence-electron chi connectivity index (χ4n) is 2.44. The molecule has 1 unspecified atom stereocenters. The van der Waals surface area contributed by atoms with Crippen molar-refractivity contribution in [2.75, 3.05) is 0 Å². The average molecular weight is 307 g/mol. The Morgan fingerprint density at radius 1 is 1.14 bits per heavy atom. The highest BCUT2D eigenvalue weighted by atomic mass is 35.5.